The predicted octanol–water partition coefficient (Wildman–Crippen LogP) is 1.44. The van der Waals surface area contributed by atoms with Crippen LogP contribution in [0.15, 0.2) is 22.7 Å². The van der Waals surface area contributed by atoms with Crippen LogP contribution in [0.1, 0.15) is 0 Å². The van der Waals surface area contributed by atoms with Gasteiger partial charge in [0.25, 0.3) is 0 Å². The van der Waals surface area contributed by atoms with Gasteiger partial charge in [-0.15, -0.1) is 0 Å². The second-order valence-corrected chi connectivity index (χ2v) is 4.30. The zero-order valence-electron chi connectivity index (χ0n) is 7.96. The first kappa shape index (κ1) is 9.80. The fourth-order valence-electron chi connectivity index (χ4n) is 1.65. The van der Waals surface area contributed by atoms with E-state index in [1.54, 1.807) is 0 Å². The minimum atomic E-state index is 0.807. The molecule has 1 fully saturated rings. The van der Waals surface area contributed by atoms with Crippen LogP contribution in [-0.4, -0.2) is 26.2 Å². The molecule has 4 heteroatoms. The van der Waals surface area contributed by atoms with Crippen molar-refractivity contribution < 1.29 is 0 Å². The second-order valence-electron chi connectivity index (χ2n) is 3.44. The van der Waals surface area contributed by atoms with Crippen LogP contribution in [0, 0.1) is 0 Å². The van der Waals surface area contributed by atoms with Crippen molar-refractivity contribution in [2.75, 3.05) is 36.8 Å². The van der Waals surface area contributed by atoms with E-state index in [2.05, 4.69) is 32.2 Å². The van der Waals surface area contributed by atoms with Crippen LogP contribution >= 0.6 is 15.9 Å². The Bertz CT molecular complexity index is 321. The van der Waals surface area contributed by atoms with E-state index in [1.807, 2.05) is 12.1 Å². The predicted molar refractivity (Wildman–Crippen MR) is 63.6 cm³/mol. The molecule has 1 aliphatic heterocycles. The van der Waals surface area contributed by atoms with Crippen molar-refractivity contribution in [3.63, 3.8) is 0 Å². The van der Waals surface area contributed by atoms with Gasteiger partial charge in [-0.25, -0.2) is 0 Å². The highest BCUT2D eigenvalue weighted by Gasteiger charge is 2.10. The number of hydrogen-bond acceptors (Lipinski definition) is 3. The van der Waals surface area contributed by atoms with E-state index in [0.29, 0.717) is 0 Å². The molecule has 1 aromatic carbocycles. The van der Waals surface area contributed by atoms with Crippen molar-refractivity contribution in [3.8, 4) is 0 Å². The average Bonchev–Trinajstić information content (AvgIpc) is 2.23. The van der Waals surface area contributed by atoms with E-state index in [-0.39, 0.29) is 0 Å². The number of benzene rings is 1. The lowest BCUT2D eigenvalue weighted by Gasteiger charge is -2.29. The first-order valence-corrected chi connectivity index (χ1v) is 5.57. The number of hydrogen-bond donors (Lipinski definition) is 2. The Balaban J connectivity index is 2.18. The van der Waals surface area contributed by atoms with Crippen LogP contribution in [-0.2, 0) is 0 Å². The summed E-state index contributed by atoms with van der Waals surface area (Å²) < 4.78 is 0.969. The maximum Gasteiger partial charge on any atom is 0.0479 e. The van der Waals surface area contributed by atoms with Crippen molar-refractivity contribution in [3.05, 3.63) is 22.7 Å². The number of anilines is 2. The van der Waals surface area contributed by atoms with Crippen molar-refractivity contribution in [1.82, 2.24) is 5.32 Å². The van der Waals surface area contributed by atoms with Gasteiger partial charge in [0.15, 0.2) is 0 Å². The Morgan fingerprint density at radius 2 is 2.00 bits per heavy atom. The summed E-state index contributed by atoms with van der Waals surface area (Å²) in [4.78, 5) is 2.35. The number of rotatable bonds is 1. The molecule has 14 heavy (non-hydrogen) atoms. The van der Waals surface area contributed by atoms with Gasteiger partial charge < -0.3 is 16.0 Å². The van der Waals surface area contributed by atoms with Gasteiger partial charge >= 0.3 is 0 Å². The van der Waals surface area contributed by atoms with Gasteiger partial charge in [-0.05, 0) is 34.1 Å². The summed E-state index contributed by atoms with van der Waals surface area (Å²) in [5.41, 5.74) is 7.86. The molecule has 2 rings (SSSR count). The summed E-state index contributed by atoms with van der Waals surface area (Å²) in [5, 5.41) is 3.33. The summed E-state index contributed by atoms with van der Waals surface area (Å²) in [6.07, 6.45) is 0. The third kappa shape index (κ3) is 2.01. The fourth-order valence-corrected chi connectivity index (χ4v) is 1.90. The van der Waals surface area contributed by atoms with E-state index >= 15 is 0 Å². The molecule has 76 valence electrons. The van der Waals surface area contributed by atoms with Crippen molar-refractivity contribution in [2.45, 2.75) is 0 Å². The number of nitrogens with two attached hydrogens (primary N) is 1. The molecule has 3 nitrogen and oxygen atoms in total. The number of nitrogen functional groups attached to an aromatic ring is 1. The lowest BCUT2D eigenvalue weighted by Crippen LogP contribution is -2.43. The average molecular weight is 256 g/mol. The number of nitrogens with zero attached hydrogens (tertiary/aromatic N) is 1. The van der Waals surface area contributed by atoms with E-state index in [9.17, 15) is 0 Å². The van der Waals surface area contributed by atoms with Crippen LogP contribution in [0.4, 0.5) is 11.4 Å². The molecule has 3 N–H and O–H groups in total. The molecule has 0 spiro atoms. The van der Waals surface area contributed by atoms with Crippen LogP contribution < -0.4 is 16.0 Å². The van der Waals surface area contributed by atoms with Gasteiger partial charge in [-0.2, -0.15) is 0 Å². The standard InChI is InChI=1S/C10H14BrN3/c11-9-2-1-8(7-10(9)12)14-5-3-13-4-6-14/h1-2,7,13H,3-6,12H2. The lowest BCUT2D eigenvalue weighted by atomic mass is 10.2. The largest absolute Gasteiger partial charge is 0.398 e. The summed E-state index contributed by atoms with van der Waals surface area (Å²) in [6.45, 7) is 4.22. The molecule has 1 heterocycles. The van der Waals surface area contributed by atoms with Crippen molar-refractivity contribution in [1.29, 1.82) is 0 Å². The van der Waals surface area contributed by atoms with Gasteiger partial charge in [0.05, 0.1) is 0 Å². The molecular weight excluding hydrogens is 242 g/mol. The molecule has 0 saturated carbocycles. The van der Waals surface area contributed by atoms with Gasteiger partial charge in [0, 0.05) is 42.0 Å². The normalized spacial score (nSPS) is 17.1. The lowest BCUT2D eigenvalue weighted by molar-refractivity contribution is 0.589. The van der Waals surface area contributed by atoms with Gasteiger partial charge in [0.2, 0.25) is 0 Å². The van der Waals surface area contributed by atoms with Crippen LogP contribution in [0.2, 0.25) is 0 Å². The van der Waals surface area contributed by atoms with E-state index in [1.165, 1.54) is 5.69 Å². The molecular formula is C10H14BrN3. The zero-order valence-corrected chi connectivity index (χ0v) is 9.55. The first-order chi connectivity index (χ1) is 6.77. The summed E-state index contributed by atoms with van der Waals surface area (Å²) in [6, 6.07) is 6.13. The summed E-state index contributed by atoms with van der Waals surface area (Å²) in [5.74, 6) is 0. The van der Waals surface area contributed by atoms with Gasteiger partial charge in [0.1, 0.15) is 0 Å². The Kier molecular flexibility index (Phi) is 2.93. The summed E-state index contributed by atoms with van der Waals surface area (Å²) >= 11 is 3.40. The number of nitrogens with one attached hydrogen (secondary N) is 1. The topological polar surface area (TPSA) is 41.3 Å². The summed E-state index contributed by atoms with van der Waals surface area (Å²) in [7, 11) is 0. The quantitative estimate of drug-likeness (QED) is 0.747. The highest BCUT2D eigenvalue weighted by Crippen LogP contribution is 2.25. The fraction of sp³-hybridized carbons (Fsp3) is 0.400. The maximum absolute atomic E-state index is 5.84. The Hall–Kier alpha value is -0.740. The maximum atomic E-state index is 5.84. The zero-order chi connectivity index (χ0) is 9.97. The molecule has 0 bridgehead atoms. The SMILES string of the molecule is Nc1cc(N2CCNCC2)ccc1Br. The molecule has 1 aliphatic rings. The highest BCUT2D eigenvalue weighted by molar-refractivity contribution is 9.10. The Morgan fingerprint density at radius 1 is 1.29 bits per heavy atom. The molecule has 0 radical (unpaired) electrons. The molecule has 1 saturated heterocycles. The molecule has 1 aromatic rings. The Morgan fingerprint density at radius 3 is 2.64 bits per heavy atom. The molecule has 0 atom stereocenters. The van der Waals surface area contributed by atoms with Crippen molar-refractivity contribution >= 4 is 27.3 Å². The molecule has 0 amide bonds. The van der Waals surface area contributed by atoms with Gasteiger partial charge in [-0.3, -0.25) is 0 Å². The van der Waals surface area contributed by atoms with Crippen LogP contribution in [0.5, 0.6) is 0 Å². The minimum Gasteiger partial charge on any atom is -0.398 e. The number of halogens is 1. The van der Waals surface area contributed by atoms with Crippen molar-refractivity contribution in [2.24, 2.45) is 0 Å². The minimum absolute atomic E-state index is 0.807. The van der Waals surface area contributed by atoms with E-state index < -0.39 is 0 Å². The highest BCUT2D eigenvalue weighted by atomic mass is 79.9. The van der Waals surface area contributed by atoms with Crippen LogP contribution in [0.25, 0.3) is 0 Å². The molecule has 0 unspecified atom stereocenters. The van der Waals surface area contributed by atoms with E-state index in [0.717, 1.165) is 36.3 Å². The monoisotopic (exact) mass is 255 g/mol. The molecule has 0 aromatic heterocycles. The first-order valence-electron chi connectivity index (χ1n) is 4.78. The smallest absolute Gasteiger partial charge is 0.0479 e. The number of piperazine rings is 1. The Labute approximate surface area is 92.4 Å². The molecule has 0 aliphatic carbocycles. The third-order valence-corrected chi connectivity index (χ3v) is 3.18. The van der Waals surface area contributed by atoms with Crippen LogP contribution in [0.3, 0.4) is 0 Å². The second kappa shape index (κ2) is 4.19. The third-order valence-electron chi connectivity index (χ3n) is 2.46. The van der Waals surface area contributed by atoms with Gasteiger partial charge in [-0.1, -0.05) is 0 Å². The van der Waals surface area contributed by atoms with E-state index in [4.69, 9.17) is 5.73 Å².